The lowest BCUT2D eigenvalue weighted by Gasteiger charge is -2.23. The molecule has 0 aliphatic carbocycles. The molecule has 2 amide bonds. The maximum Gasteiger partial charge on any atom is 0.258 e. The first-order valence-corrected chi connectivity index (χ1v) is 12.7. The Labute approximate surface area is 226 Å². The maximum atomic E-state index is 13.9. The number of aromatic nitrogens is 2. The number of hydrogen-bond acceptors (Lipinski definition) is 6. The van der Waals surface area contributed by atoms with E-state index >= 15 is 0 Å². The lowest BCUT2D eigenvalue weighted by atomic mass is 9.99. The highest BCUT2D eigenvalue weighted by molar-refractivity contribution is 6.37. The first-order valence-electron chi connectivity index (χ1n) is 12.7. The van der Waals surface area contributed by atoms with Crippen molar-refractivity contribution in [2.75, 3.05) is 42.7 Å². The highest BCUT2D eigenvalue weighted by Gasteiger charge is 2.29. The molecule has 1 aliphatic rings. The number of benzene rings is 3. The minimum absolute atomic E-state index is 0.0268. The molecule has 0 radical (unpaired) electrons. The van der Waals surface area contributed by atoms with Crippen LogP contribution in [-0.4, -0.2) is 53.9 Å². The fraction of sp³-hybridized carbons (Fsp3) is 0.200. The molecule has 2 N–H and O–H groups in total. The number of nitrogens with one attached hydrogen (secondary N) is 2. The van der Waals surface area contributed by atoms with Gasteiger partial charge in [-0.05, 0) is 81.7 Å². The molecular formula is C30H29FN6O2. The van der Waals surface area contributed by atoms with Gasteiger partial charge in [0.2, 0.25) is 5.91 Å². The van der Waals surface area contributed by atoms with Gasteiger partial charge in [0, 0.05) is 48.4 Å². The zero-order valence-corrected chi connectivity index (χ0v) is 22.0. The van der Waals surface area contributed by atoms with Crippen molar-refractivity contribution in [3.63, 3.8) is 0 Å². The second-order valence-corrected chi connectivity index (χ2v) is 9.65. The lowest BCUT2D eigenvalue weighted by Crippen LogP contribution is -2.31. The SMILES string of the molecule is CC(=O)N(CCCN(C)C)c1ccc(N/C(=C2\C(=O)Nc3cc(F)ccc32)c2ccc3nccnc3c2)cc1. The molecule has 0 saturated carbocycles. The highest BCUT2D eigenvalue weighted by Crippen LogP contribution is 2.38. The summed E-state index contributed by atoms with van der Waals surface area (Å²) in [5.74, 6) is -0.791. The van der Waals surface area contributed by atoms with E-state index in [4.69, 9.17) is 0 Å². The lowest BCUT2D eigenvalue weighted by molar-refractivity contribution is -0.116. The van der Waals surface area contributed by atoms with Gasteiger partial charge in [0.1, 0.15) is 5.82 Å². The molecule has 3 aromatic carbocycles. The average Bonchev–Trinajstić information content (AvgIpc) is 3.24. The second kappa shape index (κ2) is 11.0. The van der Waals surface area contributed by atoms with Crippen LogP contribution < -0.4 is 15.5 Å². The van der Waals surface area contributed by atoms with Crippen LogP contribution in [0.25, 0.3) is 22.3 Å². The number of fused-ring (bicyclic) bond motifs is 2. The molecule has 0 unspecified atom stereocenters. The summed E-state index contributed by atoms with van der Waals surface area (Å²) in [5, 5.41) is 6.18. The van der Waals surface area contributed by atoms with Gasteiger partial charge in [-0.3, -0.25) is 19.6 Å². The van der Waals surface area contributed by atoms with Crippen molar-refractivity contribution in [1.82, 2.24) is 14.9 Å². The van der Waals surface area contributed by atoms with Crippen LogP contribution >= 0.6 is 0 Å². The van der Waals surface area contributed by atoms with Crippen molar-refractivity contribution in [2.45, 2.75) is 13.3 Å². The van der Waals surface area contributed by atoms with Crippen LogP contribution in [0, 0.1) is 5.82 Å². The Morgan fingerprint density at radius 3 is 2.41 bits per heavy atom. The van der Waals surface area contributed by atoms with Crippen molar-refractivity contribution in [3.05, 3.63) is 90.0 Å². The first kappa shape index (κ1) is 26.0. The van der Waals surface area contributed by atoms with E-state index in [0.29, 0.717) is 34.6 Å². The molecule has 198 valence electrons. The molecule has 8 nitrogen and oxygen atoms in total. The number of nitrogens with zero attached hydrogens (tertiary/aromatic N) is 4. The van der Waals surface area contributed by atoms with E-state index in [0.717, 1.165) is 35.4 Å². The van der Waals surface area contributed by atoms with Crippen molar-refractivity contribution in [1.29, 1.82) is 0 Å². The van der Waals surface area contributed by atoms with Crippen molar-refractivity contribution in [2.24, 2.45) is 0 Å². The molecule has 0 saturated heterocycles. The van der Waals surface area contributed by atoms with Crippen molar-refractivity contribution < 1.29 is 14.0 Å². The van der Waals surface area contributed by atoms with Crippen LogP contribution in [0.3, 0.4) is 0 Å². The summed E-state index contributed by atoms with van der Waals surface area (Å²) < 4.78 is 13.9. The summed E-state index contributed by atoms with van der Waals surface area (Å²) >= 11 is 0. The van der Waals surface area contributed by atoms with E-state index in [9.17, 15) is 14.0 Å². The van der Waals surface area contributed by atoms with Crippen LogP contribution in [0.15, 0.2) is 73.1 Å². The van der Waals surface area contributed by atoms with Crippen LogP contribution in [-0.2, 0) is 9.59 Å². The van der Waals surface area contributed by atoms with E-state index in [1.54, 1.807) is 30.3 Å². The molecule has 1 aromatic heterocycles. The van der Waals surface area contributed by atoms with Gasteiger partial charge in [-0.15, -0.1) is 0 Å². The quantitative estimate of drug-likeness (QED) is 0.315. The smallest absolute Gasteiger partial charge is 0.258 e. The fourth-order valence-corrected chi connectivity index (χ4v) is 4.67. The molecule has 4 aromatic rings. The maximum absolute atomic E-state index is 13.9. The molecule has 0 spiro atoms. The van der Waals surface area contributed by atoms with Crippen LogP contribution in [0.4, 0.5) is 21.5 Å². The third-order valence-corrected chi connectivity index (χ3v) is 6.55. The van der Waals surface area contributed by atoms with Crippen LogP contribution in [0.1, 0.15) is 24.5 Å². The Kier molecular flexibility index (Phi) is 7.33. The Hall–Kier alpha value is -4.63. The van der Waals surface area contributed by atoms with Gasteiger partial charge in [0.25, 0.3) is 5.91 Å². The predicted octanol–water partition coefficient (Wildman–Crippen LogP) is 5.01. The Morgan fingerprint density at radius 2 is 1.69 bits per heavy atom. The van der Waals surface area contributed by atoms with E-state index in [1.165, 1.54) is 12.1 Å². The summed E-state index contributed by atoms with van der Waals surface area (Å²) in [6.45, 7) is 3.05. The molecule has 2 heterocycles. The monoisotopic (exact) mass is 524 g/mol. The van der Waals surface area contributed by atoms with Gasteiger partial charge in [0.05, 0.1) is 28.0 Å². The van der Waals surface area contributed by atoms with Gasteiger partial charge in [-0.1, -0.05) is 6.07 Å². The third kappa shape index (κ3) is 5.63. The predicted molar refractivity (Wildman–Crippen MR) is 153 cm³/mol. The van der Waals surface area contributed by atoms with Crippen LogP contribution in [0.5, 0.6) is 0 Å². The molecule has 0 bridgehead atoms. The standard InChI is InChI=1S/C30H29FN6O2/c1-19(38)37(16-4-15-36(2)3)23-9-7-22(8-10-23)34-29(20-5-12-25-27(17-20)33-14-13-32-25)28-24-11-6-21(31)18-26(24)35-30(28)39/h5-14,17-18,34H,4,15-16H2,1-3H3,(H,35,39)/b29-28-. The largest absolute Gasteiger partial charge is 0.354 e. The summed E-state index contributed by atoms with van der Waals surface area (Å²) in [6, 6.07) is 17.3. The number of halogens is 1. The molecule has 5 rings (SSSR count). The third-order valence-electron chi connectivity index (χ3n) is 6.55. The van der Waals surface area contributed by atoms with E-state index in [2.05, 4.69) is 25.5 Å². The topological polar surface area (TPSA) is 90.5 Å². The second-order valence-electron chi connectivity index (χ2n) is 9.65. The fourth-order valence-electron chi connectivity index (χ4n) is 4.67. The van der Waals surface area contributed by atoms with Gasteiger partial charge in [-0.2, -0.15) is 0 Å². The number of carbonyl (C=O) groups excluding carboxylic acids is 2. The van der Waals surface area contributed by atoms with Crippen molar-refractivity contribution in [3.8, 4) is 0 Å². The van der Waals surface area contributed by atoms with E-state index < -0.39 is 5.82 Å². The van der Waals surface area contributed by atoms with Crippen LogP contribution in [0.2, 0.25) is 0 Å². The Bertz CT molecular complexity index is 1580. The average molecular weight is 525 g/mol. The molecule has 39 heavy (non-hydrogen) atoms. The molecule has 1 aliphatic heterocycles. The number of hydrogen-bond donors (Lipinski definition) is 2. The normalized spacial score (nSPS) is 13.8. The van der Waals surface area contributed by atoms with Gasteiger partial charge < -0.3 is 20.4 Å². The highest BCUT2D eigenvalue weighted by atomic mass is 19.1. The number of rotatable bonds is 8. The van der Waals surface area contributed by atoms with Gasteiger partial charge in [0.15, 0.2) is 0 Å². The van der Waals surface area contributed by atoms with E-state index in [1.807, 2.05) is 56.6 Å². The molecule has 0 atom stereocenters. The number of anilines is 3. The number of amides is 2. The van der Waals surface area contributed by atoms with Crippen molar-refractivity contribution >= 4 is 51.2 Å². The summed E-state index contributed by atoms with van der Waals surface area (Å²) in [7, 11) is 4.01. The summed E-state index contributed by atoms with van der Waals surface area (Å²) in [5.41, 5.74) is 5.61. The zero-order valence-electron chi connectivity index (χ0n) is 22.0. The zero-order chi connectivity index (χ0) is 27.5. The van der Waals surface area contributed by atoms with Gasteiger partial charge in [-0.25, -0.2) is 4.39 Å². The minimum Gasteiger partial charge on any atom is -0.354 e. The molecule has 9 heteroatoms. The Morgan fingerprint density at radius 1 is 0.949 bits per heavy atom. The first-order chi connectivity index (χ1) is 18.8. The van der Waals surface area contributed by atoms with Gasteiger partial charge >= 0.3 is 0 Å². The molecule has 0 fully saturated rings. The minimum atomic E-state index is -0.429. The number of carbonyl (C=O) groups is 2. The summed E-state index contributed by atoms with van der Waals surface area (Å²) in [6.07, 6.45) is 4.09. The van der Waals surface area contributed by atoms with E-state index in [-0.39, 0.29) is 11.8 Å². The Balaban J connectivity index is 1.53. The summed E-state index contributed by atoms with van der Waals surface area (Å²) in [4.78, 5) is 38.1. The molecular weight excluding hydrogens is 495 g/mol.